The Bertz CT molecular complexity index is 1280. The zero-order valence-corrected chi connectivity index (χ0v) is 31.1. The first-order valence-corrected chi connectivity index (χ1v) is 19.3. The Hall–Kier alpha value is -2.29. The van der Waals surface area contributed by atoms with E-state index in [1.165, 1.54) is 57.8 Å². The van der Waals surface area contributed by atoms with Gasteiger partial charge in [0.1, 0.15) is 0 Å². The standard InChI is InChI=1S/C41H64O8/c1-7-9-10-11-12-13-14-15-16-17-18-19-20-21-33(44)48-36-28(4)24-40-29(5)22-32-34(39(32,6)26-43)31(35(40)45)23-30(25-42)37(41(36,40)47)49-38(46)27(3)8-2/h8,23-24,29,31-32,34,36-37,42-43,47H,7,9-22,25-26H2,1-6H3. The van der Waals surface area contributed by atoms with Gasteiger partial charge in [0.2, 0.25) is 0 Å². The molecule has 3 N–H and O–H groups in total. The Balaban J connectivity index is 1.48. The van der Waals surface area contributed by atoms with E-state index in [9.17, 15) is 29.7 Å². The van der Waals surface area contributed by atoms with Gasteiger partial charge in [0.15, 0.2) is 23.6 Å². The fourth-order valence-electron chi connectivity index (χ4n) is 9.58. The summed E-state index contributed by atoms with van der Waals surface area (Å²) in [6.45, 7) is 10.6. The van der Waals surface area contributed by atoms with E-state index in [2.05, 4.69) is 6.92 Å². The minimum atomic E-state index is -2.17. The second kappa shape index (κ2) is 16.8. The average molecular weight is 685 g/mol. The fraction of sp³-hybridized carbons (Fsp3) is 0.780. The van der Waals surface area contributed by atoms with Gasteiger partial charge in [-0.3, -0.25) is 9.59 Å². The van der Waals surface area contributed by atoms with Crippen LogP contribution in [0.25, 0.3) is 0 Å². The quantitative estimate of drug-likeness (QED) is 0.0558. The minimum absolute atomic E-state index is 0.0384. The Morgan fingerprint density at radius 1 is 0.939 bits per heavy atom. The second-order valence-corrected chi connectivity index (χ2v) is 15.9. The summed E-state index contributed by atoms with van der Waals surface area (Å²) >= 11 is 0. The maximum Gasteiger partial charge on any atom is 0.334 e. The molecule has 0 saturated heterocycles. The van der Waals surface area contributed by atoms with Crippen LogP contribution in [-0.2, 0) is 23.9 Å². The van der Waals surface area contributed by atoms with Crippen LogP contribution >= 0.6 is 0 Å². The number of Topliss-reactive ketones (excluding diaryl/α,β-unsaturated/α-hetero) is 1. The number of allylic oxidation sites excluding steroid dienone is 2. The molecule has 2 fully saturated rings. The Morgan fingerprint density at radius 2 is 1.51 bits per heavy atom. The number of carbonyl (C=O) groups excluding carboxylic acids is 3. The number of hydrogen-bond donors (Lipinski definition) is 3. The Kier molecular flexibility index (Phi) is 13.6. The maximum atomic E-state index is 14.9. The third-order valence-electron chi connectivity index (χ3n) is 12.7. The number of aliphatic hydroxyl groups is 3. The number of aliphatic hydroxyl groups excluding tert-OH is 2. The van der Waals surface area contributed by atoms with Crippen LogP contribution in [0.4, 0.5) is 0 Å². The Labute approximate surface area is 294 Å². The third kappa shape index (κ3) is 7.53. The van der Waals surface area contributed by atoms with E-state index < -0.39 is 59.0 Å². The van der Waals surface area contributed by atoms with Crippen LogP contribution in [0.1, 0.15) is 138 Å². The number of hydrogen-bond acceptors (Lipinski definition) is 8. The molecule has 0 aromatic carbocycles. The lowest BCUT2D eigenvalue weighted by Crippen LogP contribution is -2.66. The second-order valence-electron chi connectivity index (χ2n) is 15.9. The molecule has 0 aromatic rings. The van der Waals surface area contributed by atoms with Crippen LogP contribution in [-0.4, -0.2) is 64.1 Å². The molecule has 4 rings (SSSR count). The summed E-state index contributed by atoms with van der Waals surface area (Å²) in [5.74, 6) is -2.68. The Morgan fingerprint density at radius 3 is 2.04 bits per heavy atom. The number of carbonyl (C=O) groups is 3. The van der Waals surface area contributed by atoms with Gasteiger partial charge >= 0.3 is 11.9 Å². The molecule has 0 aromatic heterocycles. The van der Waals surface area contributed by atoms with E-state index >= 15 is 0 Å². The van der Waals surface area contributed by atoms with Crippen molar-refractivity contribution in [1.82, 2.24) is 0 Å². The molecule has 1 spiro atoms. The number of esters is 2. The molecule has 2 bridgehead atoms. The number of rotatable bonds is 19. The topological polar surface area (TPSA) is 130 Å². The van der Waals surface area contributed by atoms with Gasteiger partial charge < -0.3 is 24.8 Å². The number of unbranched alkanes of at least 4 members (excludes halogenated alkanes) is 12. The highest BCUT2D eigenvalue weighted by Crippen LogP contribution is 2.72. The molecule has 0 heterocycles. The SMILES string of the molecule is CC=C(C)C(=O)OC1C(CO)=CC2C(=O)C3(C=C(C)C(OC(=O)CCCCCCCCCCCCCCC)C13O)C(C)CC1C2C1(C)CO. The molecule has 9 atom stereocenters. The summed E-state index contributed by atoms with van der Waals surface area (Å²) < 4.78 is 12.2. The highest BCUT2D eigenvalue weighted by Gasteiger charge is 2.78. The van der Waals surface area contributed by atoms with Crippen LogP contribution in [0.2, 0.25) is 0 Å². The first-order chi connectivity index (χ1) is 23.4. The van der Waals surface area contributed by atoms with Gasteiger partial charge in [0.25, 0.3) is 0 Å². The lowest BCUT2D eigenvalue weighted by atomic mass is 9.59. The van der Waals surface area contributed by atoms with E-state index in [0.29, 0.717) is 24.0 Å². The molecule has 0 aliphatic heterocycles. The summed E-state index contributed by atoms with van der Waals surface area (Å²) in [5.41, 5.74) is -3.12. The first kappa shape index (κ1) is 39.5. The van der Waals surface area contributed by atoms with Crippen molar-refractivity contribution >= 4 is 17.7 Å². The summed E-state index contributed by atoms with van der Waals surface area (Å²) in [6, 6.07) is 0. The number of fused-ring (bicyclic) bond motifs is 3. The molecule has 49 heavy (non-hydrogen) atoms. The predicted octanol–water partition coefficient (Wildman–Crippen LogP) is 7.34. The van der Waals surface area contributed by atoms with E-state index in [0.717, 1.165) is 19.3 Å². The summed E-state index contributed by atoms with van der Waals surface area (Å²) in [5, 5.41) is 34.2. The molecular weight excluding hydrogens is 620 g/mol. The minimum Gasteiger partial charge on any atom is -0.455 e. The molecule has 8 nitrogen and oxygen atoms in total. The molecule has 4 aliphatic rings. The van der Waals surface area contributed by atoms with Crippen molar-refractivity contribution in [3.63, 3.8) is 0 Å². The van der Waals surface area contributed by atoms with Gasteiger partial charge in [-0.25, -0.2) is 4.79 Å². The van der Waals surface area contributed by atoms with Crippen molar-refractivity contribution in [2.24, 2.45) is 34.5 Å². The van der Waals surface area contributed by atoms with Crippen LogP contribution in [0, 0.1) is 34.5 Å². The summed E-state index contributed by atoms with van der Waals surface area (Å²) in [7, 11) is 0. The highest BCUT2D eigenvalue weighted by atomic mass is 16.6. The van der Waals surface area contributed by atoms with Crippen molar-refractivity contribution < 1.29 is 39.2 Å². The molecule has 276 valence electrons. The monoisotopic (exact) mass is 684 g/mol. The predicted molar refractivity (Wildman–Crippen MR) is 190 cm³/mol. The summed E-state index contributed by atoms with van der Waals surface area (Å²) in [4.78, 5) is 41.6. The van der Waals surface area contributed by atoms with Gasteiger partial charge in [-0.1, -0.05) is 116 Å². The van der Waals surface area contributed by atoms with Crippen LogP contribution < -0.4 is 0 Å². The van der Waals surface area contributed by atoms with Gasteiger partial charge in [-0.15, -0.1) is 0 Å². The van der Waals surface area contributed by atoms with Gasteiger partial charge in [0.05, 0.1) is 12.0 Å². The normalized spacial score (nSPS) is 35.0. The smallest absolute Gasteiger partial charge is 0.334 e. The van der Waals surface area contributed by atoms with Crippen LogP contribution in [0.15, 0.2) is 34.9 Å². The van der Waals surface area contributed by atoms with E-state index in [1.807, 2.05) is 13.8 Å². The molecule has 0 amide bonds. The van der Waals surface area contributed by atoms with Gasteiger partial charge in [0, 0.05) is 24.5 Å². The molecule has 4 aliphatic carbocycles. The fourth-order valence-corrected chi connectivity index (χ4v) is 9.58. The first-order valence-electron chi connectivity index (χ1n) is 19.3. The molecule has 8 heteroatoms. The van der Waals surface area contributed by atoms with Crippen molar-refractivity contribution in [3.8, 4) is 0 Å². The largest absolute Gasteiger partial charge is 0.455 e. The molecule has 0 radical (unpaired) electrons. The van der Waals surface area contributed by atoms with E-state index in [4.69, 9.17) is 9.47 Å². The van der Waals surface area contributed by atoms with Crippen LogP contribution in [0.5, 0.6) is 0 Å². The average Bonchev–Trinajstić information content (AvgIpc) is 3.63. The maximum absolute atomic E-state index is 14.9. The van der Waals surface area contributed by atoms with Crippen LogP contribution in [0.3, 0.4) is 0 Å². The zero-order valence-electron chi connectivity index (χ0n) is 31.1. The molecule has 2 saturated carbocycles. The third-order valence-corrected chi connectivity index (χ3v) is 12.7. The van der Waals surface area contributed by atoms with Crippen molar-refractivity contribution in [2.45, 2.75) is 156 Å². The van der Waals surface area contributed by atoms with E-state index in [1.54, 1.807) is 39.0 Å². The number of ketones is 1. The van der Waals surface area contributed by atoms with Crippen molar-refractivity contribution in [1.29, 1.82) is 0 Å². The van der Waals surface area contributed by atoms with E-state index in [-0.39, 0.29) is 36.2 Å². The van der Waals surface area contributed by atoms with Gasteiger partial charge in [-0.2, -0.15) is 0 Å². The highest BCUT2D eigenvalue weighted by molar-refractivity contribution is 5.96. The van der Waals surface area contributed by atoms with Crippen molar-refractivity contribution in [2.75, 3.05) is 13.2 Å². The lowest BCUT2D eigenvalue weighted by Gasteiger charge is -2.49. The lowest BCUT2D eigenvalue weighted by molar-refractivity contribution is -0.211. The summed E-state index contributed by atoms with van der Waals surface area (Å²) in [6.07, 6.45) is 18.6. The zero-order chi connectivity index (χ0) is 36.0. The molecule has 9 unspecified atom stereocenters. The van der Waals surface area contributed by atoms with Crippen molar-refractivity contribution in [3.05, 3.63) is 34.9 Å². The van der Waals surface area contributed by atoms with Gasteiger partial charge in [-0.05, 0) is 67.9 Å². The molecular formula is C41H64O8. The number of ether oxygens (including phenoxy) is 2.